The summed E-state index contributed by atoms with van der Waals surface area (Å²) in [4.78, 5) is 0. The van der Waals surface area contributed by atoms with Crippen LogP contribution in [-0.4, -0.2) is 11.9 Å². The molecule has 1 aromatic carbocycles. The summed E-state index contributed by atoms with van der Waals surface area (Å²) in [5, 5.41) is 1.03. The van der Waals surface area contributed by atoms with Crippen LogP contribution in [-0.2, 0) is 11.3 Å². The first kappa shape index (κ1) is 13.7. The monoisotopic (exact) mass is 288 g/mol. The molecule has 0 N–H and O–H groups in total. The first-order valence-corrected chi connectivity index (χ1v) is 6.73. The fraction of sp³-hybridized carbons (Fsp3) is 0.538. The Hall–Kier alpha value is -0.410. The molecule has 1 rings (SSSR count). The van der Waals surface area contributed by atoms with Gasteiger partial charge in [-0.2, -0.15) is 0 Å². The maximum absolute atomic E-state index is 13.2. The Morgan fingerprint density at radius 1 is 1.31 bits per heavy atom. The second-order valence-electron chi connectivity index (χ2n) is 4.02. The van der Waals surface area contributed by atoms with Crippen molar-refractivity contribution in [1.29, 1.82) is 0 Å². The van der Waals surface area contributed by atoms with E-state index in [-0.39, 0.29) is 5.82 Å². The van der Waals surface area contributed by atoms with Gasteiger partial charge in [0, 0.05) is 17.5 Å². The Labute approximate surface area is 105 Å². The highest BCUT2D eigenvalue weighted by Gasteiger charge is 2.03. The van der Waals surface area contributed by atoms with E-state index in [1.54, 1.807) is 12.1 Å². The number of halogens is 2. The van der Waals surface area contributed by atoms with Crippen molar-refractivity contribution in [2.24, 2.45) is 5.92 Å². The Balaban J connectivity index is 2.19. The predicted molar refractivity (Wildman–Crippen MR) is 68.2 cm³/mol. The van der Waals surface area contributed by atoms with Crippen molar-refractivity contribution in [3.05, 3.63) is 35.6 Å². The van der Waals surface area contributed by atoms with Gasteiger partial charge < -0.3 is 4.74 Å². The minimum absolute atomic E-state index is 0.184. The fourth-order valence-electron chi connectivity index (χ4n) is 1.41. The van der Waals surface area contributed by atoms with E-state index in [0.717, 1.165) is 18.2 Å². The molecule has 0 saturated carbocycles. The van der Waals surface area contributed by atoms with E-state index in [4.69, 9.17) is 4.74 Å². The Bertz CT molecular complexity index is 304. The SMILES string of the molecule is CC(CCBr)CCOCc1ccccc1F. The van der Waals surface area contributed by atoms with Crippen LogP contribution in [0.4, 0.5) is 4.39 Å². The molecule has 0 amide bonds. The van der Waals surface area contributed by atoms with Crippen LogP contribution in [0.1, 0.15) is 25.3 Å². The topological polar surface area (TPSA) is 9.23 Å². The highest BCUT2D eigenvalue weighted by atomic mass is 79.9. The van der Waals surface area contributed by atoms with Crippen LogP contribution >= 0.6 is 15.9 Å². The summed E-state index contributed by atoms with van der Waals surface area (Å²) in [5.41, 5.74) is 0.635. The first-order valence-electron chi connectivity index (χ1n) is 5.61. The second kappa shape index (κ2) is 7.80. The lowest BCUT2D eigenvalue weighted by Crippen LogP contribution is -2.03. The van der Waals surface area contributed by atoms with E-state index < -0.39 is 0 Å². The van der Waals surface area contributed by atoms with Crippen LogP contribution in [0.5, 0.6) is 0 Å². The van der Waals surface area contributed by atoms with Gasteiger partial charge in [0.05, 0.1) is 6.61 Å². The third-order valence-electron chi connectivity index (χ3n) is 2.57. The van der Waals surface area contributed by atoms with Crippen LogP contribution in [0, 0.1) is 11.7 Å². The third kappa shape index (κ3) is 5.08. The van der Waals surface area contributed by atoms with E-state index in [0.29, 0.717) is 24.7 Å². The van der Waals surface area contributed by atoms with Crippen molar-refractivity contribution in [2.75, 3.05) is 11.9 Å². The summed E-state index contributed by atoms with van der Waals surface area (Å²) in [6.07, 6.45) is 2.18. The van der Waals surface area contributed by atoms with Crippen molar-refractivity contribution in [1.82, 2.24) is 0 Å². The standard InChI is InChI=1S/C13H18BrFO/c1-11(6-8-14)7-9-16-10-12-4-2-3-5-13(12)15/h2-5,11H,6-10H2,1H3. The van der Waals surface area contributed by atoms with E-state index >= 15 is 0 Å². The van der Waals surface area contributed by atoms with Gasteiger partial charge in [0.1, 0.15) is 5.82 Å². The van der Waals surface area contributed by atoms with Gasteiger partial charge in [0.15, 0.2) is 0 Å². The summed E-state index contributed by atoms with van der Waals surface area (Å²) >= 11 is 3.41. The molecule has 1 unspecified atom stereocenters. The van der Waals surface area contributed by atoms with Crippen molar-refractivity contribution >= 4 is 15.9 Å². The number of ether oxygens (including phenoxy) is 1. The summed E-state index contributed by atoms with van der Waals surface area (Å²) < 4.78 is 18.7. The maximum Gasteiger partial charge on any atom is 0.128 e. The van der Waals surface area contributed by atoms with Gasteiger partial charge in [0.25, 0.3) is 0 Å². The molecular weight excluding hydrogens is 271 g/mol. The lowest BCUT2D eigenvalue weighted by Gasteiger charge is -2.10. The smallest absolute Gasteiger partial charge is 0.128 e. The van der Waals surface area contributed by atoms with Gasteiger partial charge in [-0.05, 0) is 24.8 Å². The number of benzene rings is 1. The molecule has 16 heavy (non-hydrogen) atoms. The number of rotatable bonds is 7. The average molecular weight is 289 g/mol. The van der Waals surface area contributed by atoms with E-state index in [1.165, 1.54) is 6.07 Å². The molecule has 0 aromatic heterocycles. The predicted octanol–water partition coefficient (Wildman–Crippen LogP) is 4.15. The lowest BCUT2D eigenvalue weighted by molar-refractivity contribution is 0.106. The van der Waals surface area contributed by atoms with Crippen molar-refractivity contribution in [2.45, 2.75) is 26.4 Å². The summed E-state index contributed by atoms with van der Waals surface area (Å²) in [7, 11) is 0. The molecule has 0 radical (unpaired) electrons. The van der Waals surface area contributed by atoms with E-state index in [2.05, 4.69) is 22.9 Å². The zero-order chi connectivity index (χ0) is 11.8. The van der Waals surface area contributed by atoms with Crippen LogP contribution < -0.4 is 0 Å². The number of hydrogen-bond donors (Lipinski definition) is 0. The molecule has 3 heteroatoms. The van der Waals surface area contributed by atoms with Crippen molar-refractivity contribution in [3.8, 4) is 0 Å². The molecule has 0 fully saturated rings. The zero-order valence-electron chi connectivity index (χ0n) is 9.59. The average Bonchev–Trinajstić information content (AvgIpc) is 2.27. The van der Waals surface area contributed by atoms with Gasteiger partial charge in [-0.1, -0.05) is 41.1 Å². The molecule has 0 saturated heterocycles. The molecule has 0 spiro atoms. The van der Waals surface area contributed by atoms with Gasteiger partial charge in [0.2, 0.25) is 0 Å². The minimum atomic E-state index is -0.184. The Morgan fingerprint density at radius 3 is 2.75 bits per heavy atom. The molecule has 0 heterocycles. The third-order valence-corrected chi connectivity index (χ3v) is 3.03. The summed E-state index contributed by atoms with van der Waals surface area (Å²) in [6.45, 7) is 3.27. The van der Waals surface area contributed by atoms with E-state index in [9.17, 15) is 4.39 Å². The number of alkyl halides is 1. The van der Waals surface area contributed by atoms with Crippen molar-refractivity contribution in [3.63, 3.8) is 0 Å². The Kier molecular flexibility index (Phi) is 6.65. The lowest BCUT2D eigenvalue weighted by atomic mass is 10.1. The number of hydrogen-bond acceptors (Lipinski definition) is 1. The van der Waals surface area contributed by atoms with Gasteiger partial charge in [-0.15, -0.1) is 0 Å². The molecular formula is C13H18BrFO. The van der Waals surface area contributed by atoms with Crippen LogP contribution in [0.15, 0.2) is 24.3 Å². The van der Waals surface area contributed by atoms with Crippen molar-refractivity contribution < 1.29 is 9.13 Å². The highest BCUT2D eigenvalue weighted by Crippen LogP contribution is 2.11. The maximum atomic E-state index is 13.2. The van der Waals surface area contributed by atoms with Gasteiger partial charge in [-0.3, -0.25) is 0 Å². The van der Waals surface area contributed by atoms with E-state index in [1.807, 2.05) is 6.07 Å². The summed E-state index contributed by atoms with van der Waals surface area (Å²) in [5.74, 6) is 0.469. The normalized spacial score (nSPS) is 12.7. The van der Waals surface area contributed by atoms with Crippen LogP contribution in [0.2, 0.25) is 0 Å². The first-order chi connectivity index (χ1) is 7.74. The molecule has 90 valence electrons. The molecule has 0 aliphatic rings. The van der Waals surface area contributed by atoms with Gasteiger partial charge in [-0.25, -0.2) is 4.39 Å². The Morgan fingerprint density at radius 2 is 2.06 bits per heavy atom. The minimum Gasteiger partial charge on any atom is -0.377 e. The van der Waals surface area contributed by atoms with Gasteiger partial charge >= 0.3 is 0 Å². The second-order valence-corrected chi connectivity index (χ2v) is 4.81. The zero-order valence-corrected chi connectivity index (χ0v) is 11.2. The molecule has 1 aromatic rings. The summed E-state index contributed by atoms with van der Waals surface area (Å²) in [6, 6.07) is 6.75. The molecule has 0 bridgehead atoms. The van der Waals surface area contributed by atoms with Crippen LogP contribution in [0.25, 0.3) is 0 Å². The largest absolute Gasteiger partial charge is 0.377 e. The van der Waals surface area contributed by atoms with Crippen LogP contribution in [0.3, 0.4) is 0 Å². The quantitative estimate of drug-likeness (QED) is 0.541. The molecule has 0 aliphatic heterocycles. The fourth-order valence-corrected chi connectivity index (χ4v) is 2.19. The highest BCUT2D eigenvalue weighted by molar-refractivity contribution is 9.09. The molecule has 1 atom stereocenters. The molecule has 0 aliphatic carbocycles. The molecule has 1 nitrogen and oxygen atoms in total.